The van der Waals surface area contributed by atoms with Crippen LogP contribution in [-0.2, 0) is 21.4 Å². The number of nitrogens with zero attached hydrogens (tertiary/aromatic N) is 6. The Hall–Kier alpha value is -4.39. The highest BCUT2D eigenvalue weighted by Gasteiger charge is 2.29. The molecular formula is C22H21N7O5S. The van der Waals surface area contributed by atoms with Crippen molar-refractivity contribution in [3.05, 3.63) is 71.5 Å². The van der Waals surface area contributed by atoms with E-state index >= 15 is 0 Å². The van der Waals surface area contributed by atoms with E-state index in [9.17, 15) is 18.0 Å². The van der Waals surface area contributed by atoms with Crippen LogP contribution in [0.15, 0.2) is 59.5 Å². The second-order valence-corrected chi connectivity index (χ2v) is 9.15. The number of rotatable bonds is 6. The summed E-state index contributed by atoms with van der Waals surface area (Å²) in [7, 11) is -3.35. The molecule has 2 aromatic heterocycles. The standard InChI is InChI=1S/C22H21N7O5S/c1-14-12-15(2)24-21(23-14)28(13-29-18-10-6-5-9-17(18)25-27-29)22(31)26-35(32,33)19-11-7-4-8-16(19)20(30)34-3/h4-12H,13H2,1-3H3,(H,26,31). The number of aromatic nitrogens is 5. The number of fused-ring (bicyclic) bond motifs is 1. The van der Waals surface area contributed by atoms with Gasteiger partial charge in [-0.05, 0) is 44.2 Å². The molecule has 0 atom stereocenters. The lowest BCUT2D eigenvalue weighted by molar-refractivity contribution is 0.0596. The van der Waals surface area contributed by atoms with E-state index in [4.69, 9.17) is 0 Å². The molecule has 4 rings (SSSR count). The van der Waals surface area contributed by atoms with Crippen LogP contribution >= 0.6 is 0 Å². The van der Waals surface area contributed by atoms with Gasteiger partial charge in [-0.15, -0.1) is 5.10 Å². The number of nitrogens with one attached hydrogen (secondary N) is 1. The Balaban J connectivity index is 1.74. The van der Waals surface area contributed by atoms with E-state index in [1.54, 1.807) is 44.2 Å². The summed E-state index contributed by atoms with van der Waals surface area (Å²) in [5, 5.41) is 8.14. The molecule has 0 radical (unpaired) electrons. The molecule has 0 aliphatic carbocycles. The fourth-order valence-electron chi connectivity index (χ4n) is 3.41. The number of benzene rings is 2. The Bertz CT molecular complexity index is 1510. The average molecular weight is 496 g/mol. The average Bonchev–Trinajstić information content (AvgIpc) is 3.24. The smallest absolute Gasteiger partial charge is 0.339 e. The van der Waals surface area contributed by atoms with Crippen molar-refractivity contribution in [2.75, 3.05) is 12.0 Å². The van der Waals surface area contributed by atoms with Crippen LogP contribution in [-0.4, -0.2) is 52.5 Å². The van der Waals surface area contributed by atoms with Crippen molar-refractivity contribution in [3.63, 3.8) is 0 Å². The summed E-state index contributed by atoms with van der Waals surface area (Å²) in [6.45, 7) is 3.22. The van der Waals surface area contributed by atoms with E-state index in [-0.39, 0.29) is 18.2 Å². The third-order valence-electron chi connectivity index (χ3n) is 4.96. The van der Waals surface area contributed by atoms with Crippen molar-refractivity contribution >= 4 is 39.0 Å². The fraction of sp³-hybridized carbons (Fsp3) is 0.182. The lowest BCUT2D eigenvalue weighted by Gasteiger charge is -2.22. The third kappa shape index (κ3) is 4.94. The summed E-state index contributed by atoms with van der Waals surface area (Å²) in [6.07, 6.45) is 0. The third-order valence-corrected chi connectivity index (χ3v) is 6.33. The second-order valence-electron chi connectivity index (χ2n) is 7.50. The van der Waals surface area contributed by atoms with Crippen LogP contribution in [0, 0.1) is 13.8 Å². The summed E-state index contributed by atoms with van der Waals surface area (Å²) in [4.78, 5) is 34.7. The zero-order valence-corrected chi connectivity index (χ0v) is 19.9. The number of para-hydroxylation sites is 1. The van der Waals surface area contributed by atoms with Crippen molar-refractivity contribution in [1.82, 2.24) is 29.7 Å². The molecule has 180 valence electrons. The lowest BCUT2D eigenvalue weighted by atomic mass is 10.2. The van der Waals surface area contributed by atoms with E-state index in [0.29, 0.717) is 22.4 Å². The van der Waals surface area contributed by atoms with Gasteiger partial charge in [-0.1, -0.05) is 29.5 Å². The van der Waals surface area contributed by atoms with E-state index in [1.165, 1.54) is 28.9 Å². The van der Waals surface area contributed by atoms with E-state index < -0.39 is 26.9 Å². The predicted molar refractivity (Wildman–Crippen MR) is 125 cm³/mol. The van der Waals surface area contributed by atoms with Crippen molar-refractivity contribution < 1.29 is 22.7 Å². The molecule has 2 aromatic carbocycles. The van der Waals surface area contributed by atoms with Gasteiger partial charge in [-0.2, -0.15) is 0 Å². The Kier molecular flexibility index (Phi) is 6.42. The molecule has 0 saturated heterocycles. The molecule has 13 heteroatoms. The Morgan fingerprint density at radius 1 is 1.03 bits per heavy atom. The number of esters is 1. The number of methoxy groups -OCH3 is 1. The van der Waals surface area contributed by atoms with Crippen molar-refractivity contribution in [3.8, 4) is 0 Å². The molecule has 2 heterocycles. The highest BCUT2D eigenvalue weighted by molar-refractivity contribution is 7.90. The number of ether oxygens (including phenoxy) is 1. The Labute approximate surface area is 200 Å². The number of urea groups is 1. The SMILES string of the molecule is COC(=O)c1ccccc1S(=O)(=O)NC(=O)N(Cn1nnc2ccccc21)c1nc(C)cc(C)n1. The maximum atomic E-state index is 13.3. The van der Waals surface area contributed by atoms with Crippen LogP contribution in [0.2, 0.25) is 0 Å². The van der Waals surface area contributed by atoms with Crippen LogP contribution in [0.25, 0.3) is 11.0 Å². The monoisotopic (exact) mass is 495 g/mol. The molecule has 0 aliphatic heterocycles. The zero-order valence-electron chi connectivity index (χ0n) is 19.0. The van der Waals surface area contributed by atoms with Gasteiger partial charge in [0.05, 0.1) is 18.2 Å². The van der Waals surface area contributed by atoms with Gasteiger partial charge in [0.15, 0.2) is 0 Å². The molecule has 2 amide bonds. The van der Waals surface area contributed by atoms with Gasteiger partial charge in [0, 0.05) is 11.4 Å². The van der Waals surface area contributed by atoms with E-state index in [1.807, 2.05) is 4.72 Å². The largest absolute Gasteiger partial charge is 0.465 e. The van der Waals surface area contributed by atoms with Gasteiger partial charge >= 0.3 is 12.0 Å². The minimum Gasteiger partial charge on any atom is -0.465 e. The Morgan fingerprint density at radius 2 is 1.69 bits per heavy atom. The molecule has 1 N–H and O–H groups in total. The summed E-state index contributed by atoms with van der Waals surface area (Å²) >= 11 is 0. The normalized spacial score (nSPS) is 11.3. The van der Waals surface area contributed by atoms with Crippen molar-refractivity contribution in [2.24, 2.45) is 0 Å². The lowest BCUT2D eigenvalue weighted by Crippen LogP contribution is -2.45. The van der Waals surface area contributed by atoms with Crippen molar-refractivity contribution in [2.45, 2.75) is 25.4 Å². The quantitative estimate of drug-likeness (QED) is 0.397. The predicted octanol–water partition coefficient (Wildman–Crippen LogP) is 2.19. The highest BCUT2D eigenvalue weighted by Crippen LogP contribution is 2.19. The first-order valence-corrected chi connectivity index (χ1v) is 11.8. The van der Waals surface area contributed by atoms with Gasteiger partial charge in [-0.25, -0.2) is 42.3 Å². The molecule has 12 nitrogen and oxygen atoms in total. The number of sulfonamides is 1. The molecule has 4 aromatic rings. The van der Waals surface area contributed by atoms with Crippen LogP contribution < -0.4 is 9.62 Å². The van der Waals surface area contributed by atoms with Gasteiger partial charge in [-0.3, -0.25) is 0 Å². The number of anilines is 1. The number of hydrogen-bond donors (Lipinski definition) is 1. The first kappa shape index (κ1) is 23.8. The topological polar surface area (TPSA) is 149 Å². The number of carbonyl (C=O) groups excluding carboxylic acids is 2. The number of carbonyl (C=O) groups is 2. The number of aryl methyl sites for hydroxylation is 2. The van der Waals surface area contributed by atoms with Crippen LogP contribution in [0.1, 0.15) is 21.7 Å². The first-order valence-electron chi connectivity index (χ1n) is 10.3. The van der Waals surface area contributed by atoms with E-state index in [0.717, 1.165) is 12.0 Å². The maximum Gasteiger partial charge on any atom is 0.339 e. The van der Waals surface area contributed by atoms with Crippen LogP contribution in [0.3, 0.4) is 0 Å². The molecule has 0 aliphatic rings. The zero-order chi connectivity index (χ0) is 25.2. The summed E-state index contributed by atoms with van der Waals surface area (Å²) in [6, 6.07) is 13.2. The minimum atomic E-state index is -4.48. The molecule has 35 heavy (non-hydrogen) atoms. The number of amides is 2. The van der Waals surface area contributed by atoms with Crippen LogP contribution in [0.5, 0.6) is 0 Å². The van der Waals surface area contributed by atoms with Gasteiger partial charge in [0.2, 0.25) is 5.95 Å². The fourth-order valence-corrected chi connectivity index (χ4v) is 4.56. The second kappa shape index (κ2) is 9.46. The molecule has 0 unspecified atom stereocenters. The first-order chi connectivity index (χ1) is 16.7. The van der Waals surface area contributed by atoms with E-state index in [2.05, 4.69) is 25.0 Å². The molecule has 0 bridgehead atoms. The maximum absolute atomic E-state index is 13.3. The Morgan fingerprint density at radius 3 is 2.40 bits per heavy atom. The van der Waals surface area contributed by atoms with Crippen molar-refractivity contribution in [1.29, 1.82) is 0 Å². The number of hydrogen-bond acceptors (Lipinski definition) is 9. The molecule has 0 spiro atoms. The molecule has 0 fully saturated rings. The summed E-state index contributed by atoms with van der Waals surface area (Å²) < 4.78 is 34.3. The summed E-state index contributed by atoms with van der Waals surface area (Å²) in [5.74, 6) is -0.891. The van der Waals surface area contributed by atoms with Crippen LogP contribution in [0.4, 0.5) is 10.7 Å². The molecule has 0 saturated carbocycles. The summed E-state index contributed by atoms with van der Waals surface area (Å²) in [5.41, 5.74) is 2.15. The minimum absolute atomic E-state index is 0.0314. The molecular weight excluding hydrogens is 474 g/mol. The van der Waals surface area contributed by atoms with Gasteiger partial charge in [0.1, 0.15) is 17.1 Å². The van der Waals surface area contributed by atoms with Gasteiger partial charge in [0.25, 0.3) is 10.0 Å². The van der Waals surface area contributed by atoms with Gasteiger partial charge < -0.3 is 4.74 Å². The highest BCUT2D eigenvalue weighted by atomic mass is 32.2.